The normalized spacial score (nSPS) is 12.5. The Hall–Kier alpha value is -1.23. The molecule has 1 rings (SSSR count). The Balaban J connectivity index is 2.85. The molecule has 90 valence electrons. The highest BCUT2D eigenvalue weighted by atomic mass is 35.5. The fraction of sp³-hybridized carbons (Fsp3) is 0.600. The lowest BCUT2D eigenvalue weighted by molar-refractivity contribution is -0.134. The molecule has 5 nitrogen and oxygen atoms in total. The van der Waals surface area contributed by atoms with E-state index >= 15 is 0 Å². The van der Waals surface area contributed by atoms with E-state index in [1.165, 1.54) is 4.68 Å². The highest BCUT2D eigenvalue weighted by Gasteiger charge is 2.21. The van der Waals surface area contributed by atoms with E-state index < -0.39 is 0 Å². The Morgan fingerprint density at radius 2 is 2.19 bits per heavy atom. The van der Waals surface area contributed by atoms with Crippen LogP contribution in [0.2, 0.25) is 5.02 Å². The maximum Gasteiger partial charge on any atom is 0.247 e. The van der Waals surface area contributed by atoms with Gasteiger partial charge in [-0.2, -0.15) is 5.10 Å². The van der Waals surface area contributed by atoms with Crippen molar-refractivity contribution in [3.05, 3.63) is 11.2 Å². The third-order valence-electron chi connectivity index (χ3n) is 2.54. The van der Waals surface area contributed by atoms with Crippen LogP contribution in [0.3, 0.4) is 0 Å². The first kappa shape index (κ1) is 12.8. The van der Waals surface area contributed by atoms with E-state index in [0.29, 0.717) is 18.1 Å². The van der Waals surface area contributed by atoms with Crippen LogP contribution < -0.4 is 5.73 Å². The summed E-state index contributed by atoms with van der Waals surface area (Å²) >= 11 is 5.79. The molecule has 0 bridgehead atoms. The van der Waals surface area contributed by atoms with Gasteiger partial charge in [0.25, 0.3) is 0 Å². The quantitative estimate of drug-likeness (QED) is 0.874. The molecule has 16 heavy (non-hydrogen) atoms. The van der Waals surface area contributed by atoms with Gasteiger partial charge in [-0.25, -0.2) is 0 Å². The molecule has 0 aliphatic rings. The summed E-state index contributed by atoms with van der Waals surface area (Å²) in [5.41, 5.74) is 5.53. The number of carbonyl (C=O) groups is 1. The third kappa shape index (κ3) is 2.47. The standard InChI is InChI=1S/C10H17ClN4O/c1-4-14(5-2)10(16)7(3)15-6-8(11)9(12)13-15/h6-7H,4-5H2,1-3H3,(H2,12,13). The minimum Gasteiger partial charge on any atom is -0.381 e. The average Bonchev–Trinajstić information content (AvgIpc) is 2.59. The number of nitrogen functional groups attached to an aromatic ring is 1. The SMILES string of the molecule is CCN(CC)C(=O)C(C)n1cc(Cl)c(N)n1. The molecule has 1 unspecified atom stereocenters. The van der Waals surface area contributed by atoms with Crippen LogP contribution in [-0.2, 0) is 4.79 Å². The number of nitrogens with two attached hydrogens (primary N) is 1. The zero-order chi connectivity index (χ0) is 12.3. The van der Waals surface area contributed by atoms with Gasteiger partial charge in [0.1, 0.15) is 11.1 Å². The first-order chi connectivity index (χ1) is 7.51. The second kappa shape index (κ2) is 5.21. The predicted octanol–water partition coefficient (Wildman–Crippen LogP) is 1.55. The molecular weight excluding hydrogens is 228 g/mol. The van der Waals surface area contributed by atoms with Gasteiger partial charge in [-0.15, -0.1) is 0 Å². The Morgan fingerprint density at radius 3 is 2.56 bits per heavy atom. The lowest BCUT2D eigenvalue weighted by atomic mass is 10.3. The van der Waals surface area contributed by atoms with E-state index in [-0.39, 0.29) is 17.8 Å². The molecule has 0 saturated carbocycles. The third-order valence-corrected chi connectivity index (χ3v) is 2.83. The number of aromatic nitrogens is 2. The number of hydrogen-bond donors (Lipinski definition) is 1. The number of rotatable bonds is 4. The van der Waals surface area contributed by atoms with Gasteiger partial charge in [-0.3, -0.25) is 9.48 Å². The van der Waals surface area contributed by atoms with Gasteiger partial charge in [0, 0.05) is 19.3 Å². The van der Waals surface area contributed by atoms with Crippen LogP contribution >= 0.6 is 11.6 Å². The first-order valence-electron chi connectivity index (χ1n) is 5.30. The molecule has 0 aliphatic heterocycles. The van der Waals surface area contributed by atoms with Gasteiger partial charge in [-0.1, -0.05) is 11.6 Å². The molecule has 1 aromatic heterocycles. The topological polar surface area (TPSA) is 64.2 Å². The molecule has 0 aliphatic carbocycles. The van der Waals surface area contributed by atoms with Gasteiger partial charge in [-0.05, 0) is 20.8 Å². The van der Waals surface area contributed by atoms with Gasteiger partial charge in [0.15, 0.2) is 5.82 Å². The molecule has 2 N–H and O–H groups in total. The summed E-state index contributed by atoms with van der Waals surface area (Å²) in [6.07, 6.45) is 1.57. The van der Waals surface area contributed by atoms with Gasteiger partial charge < -0.3 is 10.6 Å². The highest BCUT2D eigenvalue weighted by molar-refractivity contribution is 6.32. The summed E-state index contributed by atoms with van der Waals surface area (Å²) in [4.78, 5) is 13.8. The van der Waals surface area contributed by atoms with Crippen LogP contribution in [0.1, 0.15) is 26.8 Å². The van der Waals surface area contributed by atoms with E-state index in [1.54, 1.807) is 18.0 Å². The predicted molar refractivity (Wildman–Crippen MR) is 64.3 cm³/mol. The van der Waals surface area contributed by atoms with Crippen molar-refractivity contribution in [2.24, 2.45) is 0 Å². The summed E-state index contributed by atoms with van der Waals surface area (Å²) in [6, 6.07) is -0.380. The molecule has 6 heteroatoms. The van der Waals surface area contributed by atoms with Crippen LogP contribution in [0.5, 0.6) is 0 Å². The zero-order valence-corrected chi connectivity index (χ0v) is 10.5. The summed E-state index contributed by atoms with van der Waals surface area (Å²) < 4.78 is 1.50. The number of amides is 1. The van der Waals surface area contributed by atoms with Crippen LogP contribution in [0, 0.1) is 0 Å². The first-order valence-corrected chi connectivity index (χ1v) is 5.67. The molecule has 1 heterocycles. The molecule has 0 spiro atoms. The molecule has 0 fully saturated rings. The second-order valence-electron chi connectivity index (χ2n) is 3.53. The Labute approximate surface area is 100 Å². The lowest BCUT2D eigenvalue weighted by Gasteiger charge is -2.22. The molecule has 0 radical (unpaired) electrons. The Bertz CT molecular complexity index is 353. The van der Waals surface area contributed by atoms with Crippen LogP contribution in [-0.4, -0.2) is 33.7 Å². The van der Waals surface area contributed by atoms with Crippen molar-refractivity contribution < 1.29 is 4.79 Å². The molecule has 1 atom stereocenters. The fourth-order valence-corrected chi connectivity index (χ4v) is 1.63. The summed E-state index contributed by atoms with van der Waals surface area (Å²) in [5.74, 6) is 0.269. The minimum atomic E-state index is -0.380. The van der Waals surface area contributed by atoms with Gasteiger partial charge in [0.2, 0.25) is 5.91 Å². The number of halogens is 1. The van der Waals surface area contributed by atoms with Crippen molar-refractivity contribution >= 4 is 23.3 Å². The number of hydrogen-bond acceptors (Lipinski definition) is 3. The van der Waals surface area contributed by atoms with Crippen molar-refractivity contribution in [3.8, 4) is 0 Å². The maximum absolute atomic E-state index is 12.0. The summed E-state index contributed by atoms with van der Waals surface area (Å²) in [5, 5.41) is 4.37. The minimum absolute atomic E-state index is 0.0177. The number of likely N-dealkylation sites (N-methyl/N-ethyl adjacent to an activating group) is 1. The molecule has 1 aromatic rings. The number of anilines is 1. The average molecular weight is 245 g/mol. The van der Waals surface area contributed by atoms with Crippen LogP contribution in [0.15, 0.2) is 6.20 Å². The van der Waals surface area contributed by atoms with E-state index in [1.807, 2.05) is 13.8 Å². The largest absolute Gasteiger partial charge is 0.381 e. The fourth-order valence-electron chi connectivity index (χ4n) is 1.49. The van der Waals surface area contributed by atoms with E-state index in [0.717, 1.165) is 0 Å². The van der Waals surface area contributed by atoms with Crippen molar-refractivity contribution in [1.82, 2.24) is 14.7 Å². The van der Waals surface area contributed by atoms with E-state index in [2.05, 4.69) is 5.10 Å². The number of nitrogens with zero attached hydrogens (tertiary/aromatic N) is 3. The van der Waals surface area contributed by atoms with E-state index in [9.17, 15) is 4.79 Å². The van der Waals surface area contributed by atoms with Gasteiger partial charge in [0.05, 0.1) is 0 Å². The number of carbonyl (C=O) groups excluding carboxylic acids is 1. The van der Waals surface area contributed by atoms with Crippen molar-refractivity contribution in [2.75, 3.05) is 18.8 Å². The second-order valence-corrected chi connectivity index (χ2v) is 3.94. The van der Waals surface area contributed by atoms with Crippen molar-refractivity contribution in [1.29, 1.82) is 0 Å². The smallest absolute Gasteiger partial charge is 0.247 e. The molecule has 0 saturated heterocycles. The Kier molecular flexibility index (Phi) is 4.18. The maximum atomic E-state index is 12.0. The highest BCUT2D eigenvalue weighted by Crippen LogP contribution is 2.19. The molecule has 0 aromatic carbocycles. The summed E-state index contributed by atoms with van der Waals surface area (Å²) in [7, 11) is 0. The van der Waals surface area contributed by atoms with Crippen molar-refractivity contribution in [2.45, 2.75) is 26.8 Å². The molecule has 1 amide bonds. The lowest BCUT2D eigenvalue weighted by Crippen LogP contribution is -2.36. The van der Waals surface area contributed by atoms with Crippen LogP contribution in [0.25, 0.3) is 0 Å². The van der Waals surface area contributed by atoms with E-state index in [4.69, 9.17) is 17.3 Å². The summed E-state index contributed by atoms with van der Waals surface area (Å²) in [6.45, 7) is 7.04. The Morgan fingerprint density at radius 1 is 1.62 bits per heavy atom. The molecular formula is C10H17ClN4O. The zero-order valence-electron chi connectivity index (χ0n) is 9.77. The monoisotopic (exact) mass is 244 g/mol. The van der Waals surface area contributed by atoms with Gasteiger partial charge >= 0.3 is 0 Å². The van der Waals surface area contributed by atoms with Crippen LogP contribution in [0.4, 0.5) is 5.82 Å². The van der Waals surface area contributed by atoms with Crippen molar-refractivity contribution in [3.63, 3.8) is 0 Å².